The first-order valence-corrected chi connectivity index (χ1v) is 9.71. The lowest BCUT2D eigenvalue weighted by Crippen LogP contribution is -1.92. The molecule has 0 amide bonds. The summed E-state index contributed by atoms with van der Waals surface area (Å²) in [7, 11) is -0.901. The Morgan fingerprint density at radius 3 is 2.75 bits per heavy atom. The minimum atomic E-state index is -0.901. The summed E-state index contributed by atoms with van der Waals surface area (Å²) in [5, 5.41) is 2.40. The molecule has 1 atom stereocenters. The summed E-state index contributed by atoms with van der Waals surface area (Å²) in [6.07, 6.45) is 11.7. The van der Waals surface area contributed by atoms with Gasteiger partial charge < -0.3 is 0 Å². The number of halogens is 1. The number of rotatable bonds is 1. The first-order chi connectivity index (χ1) is 7.81. The molecular weight excluding hydrogens is 327 g/mol. The second-order valence-electron chi connectivity index (χ2n) is 4.01. The Kier molecular flexibility index (Phi) is 2.72. The molecule has 3 rings (SSSR count). The van der Waals surface area contributed by atoms with E-state index in [1.807, 2.05) is 0 Å². The topological polar surface area (TPSA) is 0 Å². The van der Waals surface area contributed by atoms with Gasteiger partial charge in [-0.3, -0.25) is 0 Å². The third kappa shape index (κ3) is 1.59. The quantitative estimate of drug-likeness (QED) is 0.599. The molecule has 0 saturated carbocycles. The molecule has 1 aromatic carbocycles. The Balaban J connectivity index is 2.11. The van der Waals surface area contributed by atoms with Crippen molar-refractivity contribution in [2.24, 2.45) is 0 Å². The van der Waals surface area contributed by atoms with Gasteiger partial charge >= 0.3 is 0 Å². The normalized spacial score (nSPS) is 30.7. The molecule has 1 aliphatic heterocycles. The van der Waals surface area contributed by atoms with Crippen molar-refractivity contribution in [2.45, 2.75) is 17.7 Å². The molecule has 1 heterocycles. The van der Waals surface area contributed by atoms with Gasteiger partial charge in [-0.05, 0) is 57.2 Å². The lowest BCUT2D eigenvalue weighted by Gasteiger charge is -2.30. The Hall–Kier alpha value is -0.480. The van der Waals surface area contributed by atoms with Gasteiger partial charge in [-0.25, -0.2) is 0 Å². The highest BCUT2D eigenvalue weighted by atomic mass is 127. The van der Waals surface area contributed by atoms with Crippen LogP contribution in [0.4, 0.5) is 0 Å². The summed E-state index contributed by atoms with van der Waals surface area (Å²) in [4.78, 5) is 3.02. The molecule has 0 nitrogen and oxygen atoms in total. The van der Waals surface area contributed by atoms with E-state index in [-0.39, 0.29) is 0 Å². The Labute approximate surface area is 110 Å². The van der Waals surface area contributed by atoms with Crippen LogP contribution >= 0.6 is 28.4 Å². The van der Waals surface area contributed by atoms with Crippen molar-refractivity contribution < 1.29 is 0 Å². The van der Waals surface area contributed by atoms with Crippen molar-refractivity contribution in [3.63, 3.8) is 0 Å². The van der Waals surface area contributed by atoms with Crippen molar-refractivity contribution >= 4 is 34.5 Å². The highest BCUT2D eigenvalue weighted by Gasteiger charge is 2.29. The van der Waals surface area contributed by atoms with Crippen molar-refractivity contribution in [1.82, 2.24) is 0 Å². The number of benzene rings is 1. The van der Waals surface area contributed by atoms with Gasteiger partial charge in [-0.1, -0.05) is 36.4 Å². The van der Waals surface area contributed by atoms with Crippen molar-refractivity contribution in [3.8, 4) is 0 Å². The molecule has 2 heteroatoms. The van der Waals surface area contributed by atoms with Gasteiger partial charge in [0.25, 0.3) is 0 Å². The fraction of sp³-hybridized carbons (Fsp3) is 0.143. The molecule has 0 bridgehead atoms. The maximum absolute atomic E-state index is 2.65. The van der Waals surface area contributed by atoms with Gasteiger partial charge in [0.1, 0.15) is 0 Å². The van der Waals surface area contributed by atoms with Gasteiger partial charge in [0.15, 0.2) is 0 Å². The second kappa shape index (κ2) is 4.08. The Bertz CT molecular complexity index is 513. The fourth-order valence-electron chi connectivity index (χ4n) is 2.14. The predicted molar refractivity (Wildman–Crippen MR) is 81.8 cm³/mol. The lowest BCUT2D eigenvalue weighted by atomic mass is 10.2. The van der Waals surface area contributed by atoms with E-state index in [0.717, 1.165) is 0 Å². The van der Waals surface area contributed by atoms with Crippen LogP contribution in [-0.4, -0.2) is 0 Å². The van der Waals surface area contributed by atoms with Crippen molar-refractivity contribution in [2.75, 3.05) is 0 Å². The Morgan fingerprint density at radius 1 is 1.06 bits per heavy atom. The highest BCUT2D eigenvalue weighted by molar-refractivity contribution is 14.2. The minimum Gasteiger partial charge on any atom is -0.112 e. The molecular formula is C14H13IS. The van der Waals surface area contributed by atoms with Crippen LogP contribution in [0.25, 0.3) is 6.08 Å². The van der Waals surface area contributed by atoms with E-state index in [4.69, 9.17) is 0 Å². The molecule has 0 aromatic heterocycles. The zero-order valence-electron chi connectivity index (χ0n) is 8.90. The summed E-state index contributed by atoms with van der Waals surface area (Å²) < 4.78 is 0. The zero-order valence-corrected chi connectivity index (χ0v) is 11.9. The van der Waals surface area contributed by atoms with Gasteiger partial charge in [0.05, 0.1) is 0 Å². The molecule has 1 unspecified atom stereocenters. The third-order valence-corrected chi connectivity index (χ3v) is 9.32. The minimum absolute atomic E-state index is 0.901. The van der Waals surface area contributed by atoms with E-state index < -0.39 is 7.20 Å². The molecule has 1 aromatic rings. The van der Waals surface area contributed by atoms with Crippen LogP contribution in [0.5, 0.6) is 0 Å². The molecule has 16 heavy (non-hydrogen) atoms. The molecule has 1 aliphatic carbocycles. The van der Waals surface area contributed by atoms with Crippen LogP contribution < -0.4 is 0 Å². The van der Waals surface area contributed by atoms with Crippen LogP contribution in [0.1, 0.15) is 18.4 Å². The number of fused-ring (bicyclic) bond motifs is 1. The van der Waals surface area contributed by atoms with E-state index >= 15 is 0 Å². The Morgan fingerprint density at radius 2 is 1.94 bits per heavy atom. The summed E-state index contributed by atoms with van der Waals surface area (Å²) >= 11 is 2.65. The third-order valence-electron chi connectivity index (χ3n) is 2.98. The van der Waals surface area contributed by atoms with Crippen LogP contribution in [0.15, 0.2) is 57.7 Å². The molecule has 82 valence electrons. The zero-order chi connectivity index (χ0) is 11.0. The molecule has 0 radical (unpaired) electrons. The summed E-state index contributed by atoms with van der Waals surface area (Å²) in [6.45, 7) is 0. The van der Waals surface area contributed by atoms with Crippen molar-refractivity contribution in [3.05, 3.63) is 58.4 Å². The first kappa shape index (κ1) is 10.7. The van der Waals surface area contributed by atoms with Crippen molar-refractivity contribution in [1.29, 1.82) is 0 Å². The summed E-state index contributed by atoms with van der Waals surface area (Å²) in [5.74, 6) is 0. The monoisotopic (exact) mass is 340 g/mol. The maximum atomic E-state index is 2.65. The average Bonchev–Trinajstić information content (AvgIpc) is 2.71. The van der Waals surface area contributed by atoms with Gasteiger partial charge in [0.2, 0.25) is 0 Å². The molecule has 0 fully saturated rings. The van der Waals surface area contributed by atoms with Crippen LogP contribution in [0, 0.1) is 0 Å². The van der Waals surface area contributed by atoms with Crippen LogP contribution in [0.3, 0.4) is 0 Å². The van der Waals surface area contributed by atoms with Gasteiger partial charge in [-0.2, -0.15) is 0 Å². The maximum Gasteiger partial charge on any atom is 0.0137 e. The van der Waals surface area contributed by atoms with Gasteiger partial charge in [-0.15, -0.1) is 7.20 Å². The number of hydrogen-bond acceptors (Lipinski definition) is 0. The largest absolute Gasteiger partial charge is 0.112 e. The van der Waals surface area contributed by atoms with E-state index in [1.165, 1.54) is 28.2 Å². The number of allylic oxidation sites excluding steroid dienone is 3. The summed E-state index contributed by atoms with van der Waals surface area (Å²) in [6, 6.07) is 8.77. The smallest absolute Gasteiger partial charge is 0.0137 e. The van der Waals surface area contributed by atoms with E-state index in [2.05, 4.69) is 75.2 Å². The number of hydrogen-bond donors (Lipinski definition) is 0. The van der Waals surface area contributed by atoms with Gasteiger partial charge in [0, 0.05) is 9.80 Å². The van der Waals surface area contributed by atoms with Crippen LogP contribution in [-0.2, 0) is 0 Å². The van der Waals surface area contributed by atoms with E-state index in [0.29, 0.717) is 0 Å². The predicted octanol–water partition coefficient (Wildman–Crippen LogP) is 5.42. The second-order valence-corrected chi connectivity index (χ2v) is 10.5. The fourth-order valence-corrected chi connectivity index (χ4v) is 7.07. The lowest BCUT2D eigenvalue weighted by molar-refractivity contribution is 1.03. The standard InChI is InChI=1S/C14H13IS/c15-16(13-7-2-1-3-8-13)11-10-12-6-4-5-9-14(12)16/h2,4-11H,1,3H2. The molecule has 0 N–H and O–H groups in total. The molecule has 0 saturated heterocycles. The first-order valence-electron chi connectivity index (χ1n) is 5.47. The highest BCUT2D eigenvalue weighted by Crippen LogP contribution is 2.74. The SMILES string of the molecule is IS1(C2=CCCC=C2)C=Cc2ccccc21. The van der Waals surface area contributed by atoms with E-state index in [1.54, 1.807) is 0 Å². The summed E-state index contributed by atoms with van der Waals surface area (Å²) in [5.41, 5.74) is 1.40. The van der Waals surface area contributed by atoms with Crippen LogP contribution in [0.2, 0.25) is 0 Å². The molecule has 0 spiro atoms. The average molecular weight is 340 g/mol. The molecule has 2 aliphatic rings. The van der Waals surface area contributed by atoms with E-state index in [9.17, 15) is 0 Å².